The molecule has 33 heavy (non-hydrogen) atoms. The van der Waals surface area contributed by atoms with Crippen LogP contribution in [-0.2, 0) is 4.79 Å². The fraction of sp³-hybridized carbons (Fsp3) is 0.208. The number of methoxy groups -OCH3 is 2. The average molecular weight is 442 g/mol. The average Bonchev–Trinajstić information content (AvgIpc) is 3.19. The molecule has 1 aliphatic heterocycles. The van der Waals surface area contributed by atoms with Crippen molar-refractivity contribution >= 4 is 11.7 Å². The molecule has 0 aliphatic carbocycles. The molecule has 0 bridgehead atoms. The van der Waals surface area contributed by atoms with Crippen LogP contribution in [0.15, 0.2) is 54.7 Å². The number of rotatable bonds is 5. The van der Waals surface area contributed by atoms with Crippen molar-refractivity contribution in [3.8, 4) is 28.7 Å². The second-order valence-electron chi connectivity index (χ2n) is 7.68. The Balaban J connectivity index is 1.64. The second-order valence-corrected chi connectivity index (χ2v) is 7.68. The zero-order chi connectivity index (χ0) is 22.9. The maximum atomic E-state index is 12.8. The summed E-state index contributed by atoms with van der Waals surface area (Å²) in [4.78, 5) is 17.4. The molecule has 2 aromatic heterocycles. The molecule has 1 aliphatic rings. The molecule has 0 spiro atoms. The first-order chi connectivity index (χ1) is 16.1. The molecule has 1 N–H and O–H groups in total. The highest BCUT2D eigenvalue weighted by atomic mass is 16.5. The quantitative estimate of drug-likeness (QED) is 0.504. The molecule has 1 amide bonds. The zero-order valence-electron chi connectivity index (χ0n) is 18.4. The van der Waals surface area contributed by atoms with Crippen LogP contribution in [0.5, 0.6) is 11.5 Å². The van der Waals surface area contributed by atoms with Crippen LogP contribution in [0, 0.1) is 6.92 Å². The van der Waals surface area contributed by atoms with Gasteiger partial charge < -0.3 is 14.8 Å². The molecule has 0 fully saturated rings. The van der Waals surface area contributed by atoms with Crippen molar-refractivity contribution in [2.24, 2.45) is 0 Å². The van der Waals surface area contributed by atoms with Crippen molar-refractivity contribution in [2.75, 3.05) is 19.5 Å². The first-order valence-corrected chi connectivity index (χ1v) is 10.5. The first kappa shape index (κ1) is 20.6. The van der Waals surface area contributed by atoms with E-state index in [2.05, 4.69) is 25.6 Å². The van der Waals surface area contributed by atoms with Crippen molar-refractivity contribution in [3.63, 3.8) is 0 Å². The molecule has 0 unspecified atom stereocenters. The summed E-state index contributed by atoms with van der Waals surface area (Å²) in [7, 11) is 3.22. The van der Waals surface area contributed by atoms with Gasteiger partial charge in [0.25, 0.3) is 5.95 Å². The summed E-state index contributed by atoms with van der Waals surface area (Å²) in [5.41, 5.74) is 4.07. The number of aryl methyl sites for hydroxylation is 1. The number of hydrogen-bond donors (Lipinski definition) is 1. The summed E-state index contributed by atoms with van der Waals surface area (Å²) in [6.07, 6.45) is 1.86. The predicted octanol–water partition coefficient (Wildman–Crippen LogP) is 3.52. The van der Waals surface area contributed by atoms with Gasteiger partial charge in [0, 0.05) is 29.0 Å². The molecule has 1 atom stereocenters. The molecule has 9 heteroatoms. The van der Waals surface area contributed by atoms with Gasteiger partial charge in [0.1, 0.15) is 17.3 Å². The van der Waals surface area contributed by atoms with Gasteiger partial charge in [-0.2, -0.15) is 14.9 Å². The van der Waals surface area contributed by atoms with E-state index in [1.807, 2.05) is 55.5 Å². The minimum atomic E-state index is -0.266. The smallest absolute Gasteiger partial charge is 0.272 e. The van der Waals surface area contributed by atoms with Crippen LogP contribution in [-0.4, -0.2) is 45.1 Å². The zero-order valence-corrected chi connectivity index (χ0v) is 18.4. The largest absolute Gasteiger partial charge is 0.497 e. The minimum Gasteiger partial charge on any atom is -0.497 e. The first-order valence-electron chi connectivity index (χ1n) is 10.5. The Morgan fingerprint density at radius 1 is 1.09 bits per heavy atom. The van der Waals surface area contributed by atoms with Gasteiger partial charge in [-0.25, -0.2) is 4.98 Å². The lowest BCUT2D eigenvalue weighted by Crippen LogP contribution is -2.25. The maximum Gasteiger partial charge on any atom is 0.272 e. The van der Waals surface area contributed by atoms with Gasteiger partial charge in [-0.05, 0) is 25.1 Å². The van der Waals surface area contributed by atoms with Crippen molar-refractivity contribution in [1.29, 1.82) is 0 Å². The van der Waals surface area contributed by atoms with Crippen molar-refractivity contribution in [1.82, 2.24) is 25.0 Å². The Morgan fingerprint density at radius 2 is 1.91 bits per heavy atom. The van der Waals surface area contributed by atoms with Crippen LogP contribution in [0.4, 0.5) is 5.82 Å². The third-order valence-corrected chi connectivity index (χ3v) is 5.72. The van der Waals surface area contributed by atoms with Crippen LogP contribution in [0.25, 0.3) is 17.2 Å². The van der Waals surface area contributed by atoms with Gasteiger partial charge in [-0.15, -0.1) is 5.10 Å². The lowest BCUT2D eigenvalue weighted by atomic mass is 9.85. The molecule has 0 radical (unpaired) electrons. The maximum absolute atomic E-state index is 12.8. The number of aromatic nitrogens is 5. The van der Waals surface area contributed by atoms with E-state index < -0.39 is 0 Å². The Labute approximate surface area is 190 Å². The van der Waals surface area contributed by atoms with Crippen LogP contribution < -0.4 is 14.8 Å². The fourth-order valence-corrected chi connectivity index (χ4v) is 4.20. The third-order valence-electron chi connectivity index (χ3n) is 5.72. The van der Waals surface area contributed by atoms with E-state index in [-0.39, 0.29) is 24.2 Å². The van der Waals surface area contributed by atoms with E-state index in [9.17, 15) is 4.79 Å². The Morgan fingerprint density at radius 3 is 2.67 bits per heavy atom. The third kappa shape index (κ3) is 3.67. The molecule has 4 aromatic rings. The Kier molecular flexibility index (Phi) is 5.21. The van der Waals surface area contributed by atoms with Crippen LogP contribution in [0.2, 0.25) is 0 Å². The molecule has 0 saturated carbocycles. The highest BCUT2D eigenvalue weighted by Crippen LogP contribution is 2.44. The standard InChI is InChI=1S/C24H22N6O3/c1-14-22-18(17-11-16(32-2)9-10-20(17)33-3)12-21(31)27-23(22)30(29-14)24-26-19(13-25-28-24)15-7-5-4-6-8-15/h4-11,13,18H,12H2,1-3H3,(H,27,31)/t18-/m0/s1. The summed E-state index contributed by atoms with van der Waals surface area (Å²) in [6, 6.07) is 15.3. The lowest BCUT2D eigenvalue weighted by molar-refractivity contribution is -0.116. The monoisotopic (exact) mass is 442 g/mol. The second kappa shape index (κ2) is 8.34. The van der Waals surface area contributed by atoms with Gasteiger partial charge in [0.2, 0.25) is 5.91 Å². The summed E-state index contributed by atoms with van der Waals surface area (Å²) in [5, 5.41) is 15.9. The van der Waals surface area contributed by atoms with Crippen molar-refractivity contribution < 1.29 is 14.3 Å². The van der Waals surface area contributed by atoms with E-state index in [4.69, 9.17) is 9.47 Å². The molecule has 5 rings (SSSR count). The number of ether oxygens (including phenoxy) is 2. The van der Waals surface area contributed by atoms with Crippen LogP contribution in [0.1, 0.15) is 29.2 Å². The SMILES string of the molecule is COc1ccc(OC)c([C@@H]2CC(=O)Nc3c2c(C)nn3-c2nncc(-c3ccccc3)n2)c1. The summed E-state index contributed by atoms with van der Waals surface area (Å²) >= 11 is 0. The van der Waals surface area contributed by atoms with E-state index in [0.717, 1.165) is 22.4 Å². The van der Waals surface area contributed by atoms with Gasteiger partial charge in [-0.3, -0.25) is 4.79 Å². The Hall–Kier alpha value is -4.27. The van der Waals surface area contributed by atoms with E-state index in [1.54, 1.807) is 25.1 Å². The van der Waals surface area contributed by atoms with E-state index >= 15 is 0 Å². The number of nitrogens with one attached hydrogen (secondary N) is 1. The molecule has 0 saturated heterocycles. The number of fused-ring (bicyclic) bond motifs is 1. The summed E-state index contributed by atoms with van der Waals surface area (Å²) in [5.74, 6) is 1.78. The number of benzene rings is 2. The number of hydrogen-bond acceptors (Lipinski definition) is 7. The highest BCUT2D eigenvalue weighted by Gasteiger charge is 2.35. The minimum absolute atomic E-state index is 0.134. The fourth-order valence-electron chi connectivity index (χ4n) is 4.20. The Bertz CT molecular complexity index is 1340. The molecule has 2 aromatic carbocycles. The molecule has 166 valence electrons. The molecular formula is C24H22N6O3. The van der Waals surface area contributed by atoms with E-state index in [0.29, 0.717) is 23.0 Å². The van der Waals surface area contributed by atoms with Gasteiger partial charge in [-0.1, -0.05) is 30.3 Å². The molecular weight excluding hydrogens is 420 g/mol. The predicted molar refractivity (Wildman–Crippen MR) is 122 cm³/mol. The van der Waals surface area contributed by atoms with Gasteiger partial charge in [0.05, 0.1) is 31.8 Å². The number of carbonyl (C=O) groups is 1. The van der Waals surface area contributed by atoms with Crippen LogP contribution >= 0.6 is 0 Å². The van der Waals surface area contributed by atoms with Crippen molar-refractivity contribution in [3.05, 3.63) is 71.5 Å². The number of nitrogens with zero attached hydrogens (tertiary/aromatic N) is 5. The molecule has 9 nitrogen and oxygen atoms in total. The summed E-state index contributed by atoms with van der Waals surface area (Å²) in [6.45, 7) is 1.90. The van der Waals surface area contributed by atoms with Gasteiger partial charge >= 0.3 is 0 Å². The summed E-state index contributed by atoms with van der Waals surface area (Å²) < 4.78 is 12.6. The topological polar surface area (TPSA) is 104 Å². The van der Waals surface area contributed by atoms with E-state index in [1.165, 1.54) is 0 Å². The van der Waals surface area contributed by atoms with Gasteiger partial charge in [0.15, 0.2) is 0 Å². The van der Waals surface area contributed by atoms with Crippen LogP contribution in [0.3, 0.4) is 0 Å². The number of carbonyl (C=O) groups excluding carboxylic acids is 1. The van der Waals surface area contributed by atoms with Crippen molar-refractivity contribution in [2.45, 2.75) is 19.3 Å². The molecule has 3 heterocycles. The highest BCUT2D eigenvalue weighted by molar-refractivity contribution is 5.95. The normalized spacial score (nSPS) is 15.0. The number of anilines is 1. The lowest BCUT2D eigenvalue weighted by Gasteiger charge is -2.25. The number of amides is 1.